The quantitative estimate of drug-likeness (QED) is 0.178. The van der Waals surface area contributed by atoms with Gasteiger partial charge in [0.15, 0.2) is 0 Å². The molecule has 0 spiro atoms. The number of fused-ring (bicyclic) bond motifs is 9. The van der Waals surface area contributed by atoms with Crippen LogP contribution in [-0.4, -0.2) is 0 Å². The number of hydrogen-bond acceptors (Lipinski definition) is 3. The number of thiophene rings is 1. The van der Waals surface area contributed by atoms with Crippen LogP contribution >= 0.6 is 11.3 Å². The Morgan fingerprint density at radius 3 is 1.77 bits per heavy atom. The molecule has 0 bridgehead atoms. The van der Waals surface area contributed by atoms with Gasteiger partial charge in [-0.25, -0.2) is 0 Å². The number of hydrogen-bond donors (Lipinski definition) is 0. The van der Waals surface area contributed by atoms with Crippen molar-refractivity contribution < 1.29 is 4.42 Å². The molecular formula is C50H31NOS. The van der Waals surface area contributed by atoms with Gasteiger partial charge in [-0.3, -0.25) is 0 Å². The lowest BCUT2D eigenvalue weighted by Gasteiger charge is -2.26. The molecule has 0 amide bonds. The molecule has 0 N–H and O–H groups in total. The molecule has 0 aliphatic heterocycles. The molecule has 248 valence electrons. The first-order valence-electron chi connectivity index (χ1n) is 18.0. The zero-order valence-corrected chi connectivity index (χ0v) is 29.5. The Morgan fingerprint density at radius 2 is 0.981 bits per heavy atom. The summed E-state index contributed by atoms with van der Waals surface area (Å²) < 4.78 is 9.29. The molecule has 2 heterocycles. The number of anilines is 3. The van der Waals surface area contributed by atoms with Crippen LogP contribution in [-0.2, 0) is 0 Å². The highest BCUT2D eigenvalue weighted by molar-refractivity contribution is 7.25. The van der Waals surface area contributed by atoms with Gasteiger partial charge in [0, 0.05) is 42.3 Å². The maximum atomic E-state index is 6.65. The van der Waals surface area contributed by atoms with E-state index in [9.17, 15) is 0 Å². The molecule has 0 fully saturated rings. The van der Waals surface area contributed by atoms with Crippen LogP contribution < -0.4 is 4.90 Å². The monoisotopic (exact) mass is 693 g/mol. The molecule has 11 rings (SSSR count). The average molecular weight is 694 g/mol. The second-order valence-corrected chi connectivity index (χ2v) is 14.8. The highest BCUT2D eigenvalue weighted by Gasteiger charge is 2.21. The zero-order valence-electron chi connectivity index (χ0n) is 28.7. The van der Waals surface area contributed by atoms with E-state index in [0.29, 0.717) is 0 Å². The molecule has 3 heteroatoms. The number of furan rings is 1. The van der Waals surface area contributed by atoms with Crippen LogP contribution in [0.4, 0.5) is 17.1 Å². The summed E-state index contributed by atoms with van der Waals surface area (Å²) in [6.45, 7) is 0. The van der Waals surface area contributed by atoms with Crippen LogP contribution in [0.25, 0.3) is 85.9 Å². The summed E-state index contributed by atoms with van der Waals surface area (Å²) in [6, 6.07) is 68.0. The maximum absolute atomic E-state index is 6.65. The Labute approximate surface area is 310 Å². The van der Waals surface area contributed by atoms with Gasteiger partial charge in [0.2, 0.25) is 0 Å². The van der Waals surface area contributed by atoms with Crippen molar-refractivity contribution in [2.24, 2.45) is 0 Å². The van der Waals surface area contributed by atoms with Crippen LogP contribution in [0, 0.1) is 0 Å². The Balaban J connectivity index is 1.06. The van der Waals surface area contributed by atoms with E-state index in [1.807, 2.05) is 11.3 Å². The summed E-state index contributed by atoms with van der Waals surface area (Å²) in [4.78, 5) is 2.37. The minimum Gasteiger partial charge on any atom is -0.455 e. The molecule has 2 nitrogen and oxygen atoms in total. The molecule has 0 atom stereocenters. The van der Waals surface area contributed by atoms with Gasteiger partial charge in [0.1, 0.15) is 11.2 Å². The second kappa shape index (κ2) is 11.9. The average Bonchev–Trinajstić information content (AvgIpc) is 3.80. The normalized spacial score (nSPS) is 11.8. The van der Waals surface area contributed by atoms with Gasteiger partial charge in [0.25, 0.3) is 0 Å². The third-order valence-electron chi connectivity index (χ3n) is 10.6. The van der Waals surface area contributed by atoms with Crippen LogP contribution in [0.15, 0.2) is 192 Å². The van der Waals surface area contributed by atoms with Crippen LogP contribution in [0.1, 0.15) is 0 Å². The Bertz CT molecular complexity index is 3170. The Hall–Kier alpha value is -6.68. The minimum absolute atomic E-state index is 0.875. The van der Waals surface area contributed by atoms with E-state index in [1.54, 1.807) is 0 Å². The first-order chi connectivity index (χ1) is 26.2. The third-order valence-corrected chi connectivity index (χ3v) is 11.8. The van der Waals surface area contributed by atoms with Crippen molar-refractivity contribution in [3.8, 4) is 22.3 Å². The van der Waals surface area contributed by atoms with Crippen LogP contribution in [0.5, 0.6) is 0 Å². The molecule has 0 saturated carbocycles. The summed E-state index contributed by atoms with van der Waals surface area (Å²) in [6.07, 6.45) is 0. The van der Waals surface area contributed by atoms with Crippen molar-refractivity contribution in [2.45, 2.75) is 0 Å². The molecule has 53 heavy (non-hydrogen) atoms. The van der Waals surface area contributed by atoms with Crippen LogP contribution in [0.3, 0.4) is 0 Å². The van der Waals surface area contributed by atoms with Gasteiger partial charge in [-0.05, 0) is 105 Å². The van der Waals surface area contributed by atoms with E-state index in [4.69, 9.17) is 4.42 Å². The number of benzene rings is 9. The molecule has 0 aliphatic rings. The zero-order chi connectivity index (χ0) is 34.9. The van der Waals surface area contributed by atoms with Gasteiger partial charge >= 0.3 is 0 Å². The fourth-order valence-corrected chi connectivity index (χ4v) is 9.12. The summed E-state index contributed by atoms with van der Waals surface area (Å²) >= 11 is 1.86. The van der Waals surface area contributed by atoms with E-state index >= 15 is 0 Å². The van der Waals surface area contributed by atoms with Crippen molar-refractivity contribution in [1.29, 1.82) is 0 Å². The lowest BCUT2D eigenvalue weighted by Crippen LogP contribution is -2.10. The predicted octanol–water partition coefficient (Wildman–Crippen LogP) is 15.1. The van der Waals surface area contributed by atoms with E-state index < -0.39 is 0 Å². The van der Waals surface area contributed by atoms with Crippen molar-refractivity contribution in [1.82, 2.24) is 0 Å². The molecule has 0 aliphatic carbocycles. The predicted molar refractivity (Wildman–Crippen MR) is 227 cm³/mol. The molecule has 0 radical (unpaired) electrons. The molecule has 0 saturated heterocycles. The molecule has 2 aromatic heterocycles. The SMILES string of the molecule is c1ccc2cc(-c3ccc(N(c4ccc(-c5ccc6sc7ccccc7c6c5)cc4)c4cccc5oc6c7ccccc7ccc6c45)cc3)ccc2c1. The molecule has 11 aromatic rings. The van der Waals surface area contributed by atoms with Gasteiger partial charge in [-0.1, -0.05) is 121 Å². The first kappa shape index (κ1) is 30.0. The minimum atomic E-state index is 0.875. The highest BCUT2D eigenvalue weighted by Crippen LogP contribution is 2.45. The van der Waals surface area contributed by atoms with E-state index in [-0.39, 0.29) is 0 Å². The summed E-state index contributed by atoms with van der Waals surface area (Å²) in [5.41, 5.74) is 9.83. The number of rotatable bonds is 5. The number of nitrogens with zero attached hydrogens (tertiary/aromatic N) is 1. The van der Waals surface area contributed by atoms with Crippen molar-refractivity contribution in [3.05, 3.63) is 188 Å². The van der Waals surface area contributed by atoms with Gasteiger partial charge in [-0.15, -0.1) is 11.3 Å². The lowest BCUT2D eigenvalue weighted by atomic mass is 10.00. The fraction of sp³-hybridized carbons (Fsp3) is 0. The highest BCUT2D eigenvalue weighted by atomic mass is 32.1. The smallest absolute Gasteiger partial charge is 0.143 e. The van der Waals surface area contributed by atoms with Crippen LogP contribution in [0.2, 0.25) is 0 Å². The Morgan fingerprint density at radius 1 is 0.377 bits per heavy atom. The van der Waals surface area contributed by atoms with Gasteiger partial charge < -0.3 is 9.32 Å². The third kappa shape index (κ3) is 4.93. The van der Waals surface area contributed by atoms with Crippen molar-refractivity contribution in [2.75, 3.05) is 4.90 Å². The molecule has 0 unspecified atom stereocenters. The second-order valence-electron chi connectivity index (χ2n) is 13.7. The van der Waals surface area contributed by atoms with E-state index in [0.717, 1.165) is 44.4 Å². The molecule has 9 aromatic carbocycles. The largest absolute Gasteiger partial charge is 0.455 e. The maximum Gasteiger partial charge on any atom is 0.143 e. The van der Waals surface area contributed by atoms with Gasteiger partial charge in [-0.2, -0.15) is 0 Å². The van der Waals surface area contributed by atoms with Crippen molar-refractivity contribution in [3.63, 3.8) is 0 Å². The summed E-state index contributed by atoms with van der Waals surface area (Å²) in [5.74, 6) is 0. The molecular weight excluding hydrogens is 663 g/mol. The standard InChI is InChI=1S/C50H31NOS/c1-2-10-36-30-37(17-16-32(36)8-1)33-18-24-39(25-19-33)51(45-13-7-14-46-49(45)43-28-22-35-9-3-4-11-41(35)50(43)52-46)40-26-20-34(21-27-40)38-23-29-48-44(31-38)42-12-5-6-15-47(42)53-48/h1-31H. The summed E-state index contributed by atoms with van der Waals surface area (Å²) in [5, 5.41) is 9.63. The Kier molecular flexibility index (Phi) is 6.76. The topological polar surface area (TPSA) is 16.4 Å². The van der Waals surface area contributed by atoms with Gasteiger partial charge in [0.05, 0.1) is 11.1 Å². The first-order valence-corrected chi connectivity index (χ1v) is 18.8. The van der Waals surface area contributed by atoms with E-state index in [2.05, 4.69) is 193 Å². The fourth-order valence-electron chi connectivity index (χ4n) is 8.03. The van der Waals surface area contributed by atoms with E-state index in [1.165, 1.54) is 58.6 Å². The van der Waals surface area contributed by atoms with Crippen molar-refractivity contribution >= 4 is 92.1 Å². The summed E-state index contributed by atoms with van der Waals surface area (Å²) in [7, 11) is 0. The lowest BCUT2D eigenvalue weighted by molar-refractivity contribution is 0.672.